The summed E-state index contributed by atoms with van der Waals surface area (Å²) in [5.41, 5.74) is 4.21. The molecule has 160 valence electrons. The van der Waals surface area contributed by atoms with Crippen LogP contribution in [0, 0.1) is 13.8 Å². The molecule has 0 aromatic heterocycles. The molecule has 0 saturated carbocycles. The number of aryl methyl sites for hydroxylation is 2. The maximum absolute atomic E-state index is 13.7. The summed E-state index contributed by atoms with van der Waals surface area (Å²) in [6.07, 6.45) is 0. The van der Waals surface area contributed by atoms with Crippen LogP contribution in [0.3, 0.4) is 0 Å². The van der Waals surface area contributed by atoms with Gasteiger partial charge in [-0.15, -0.1) is 0 Å². The average molecular weight is 420 g/mol. The highest BCUT2D eigenvalue weighted by Crippen LogP contribution is 2.40. The van der Waals surface area contributed by atoms with Crippen LogP contribution in [-0.4, -0.2) is 56.2 Å². The largest absolute Gasteiger partial charge is 0.486 e. The van der Waals surface area contributed by atoms with Crippen LogP contribution in [0.15, 0.2) is 42.1 Å². The minimum Gasteiger partial charge on any atom is -0.486 e. The number of nitrogens with zero attached hydrogens (tertiary/aromatic N) is 2. The maximum atomic E-state index is 13.7. The number of hydrogen-bond acceptors (Lipinski definition) is 6. The number of fused-ring (bicyclic) bond motifs is 1. The Kier molecular flexibility index (Phi) is 4.90. The Hall–Kier alpha value is -3.32. The third-order valence-corrected chi connectivity index (χ3v) is 5.82. The van der Waals surface area contributed by atoms with Crippen molar-refractivity contribution in [3.8, 4) is 11.5 Å². The van der Waals surface area contributed by atoms with Crippen LogP contribution in [-0.2, 0) is 14.3 Å². The Morgan fingerprint density at radius 3 is 2.29 bits per heavy atom. The van der Waals surface area contributed by atoms with E-state index in [0.29, 0.717) is 68.0 Å². The second-order valence-electron chi connectivity index (χ2n) is 7.92. The summed E-state index contributed by atoms with van der Waals surface area (Å²) < 4.78 is 16.7. The van der Waals surface area contributed by atoms with Crippen molar-refractivity contribution in [2.45, 2.75) is 13.8 Å². The molecule has 2 aromatic rings. The van der Waals surface area contributed by atoms with E-state index in [9.17, 15) is 9.59 Å². The molecule has 1 saturated heterocycles. The number of hydrogen-bond donors (Lipinski definition) is 0. The molecule has 0 radical (unpaired) electrons. The van der Waals surface area contributed by atoms with Gasteiger partial charge in [-0.3, -0.25) is 9.59 Å². The number of rotatable bonds is 3. The fraction of sp³-hybridized carbons (Fsp3) is 0.333. The summed E-state index contributed by atoms with van der Waals surface area (Å²) in [5, 5.41) is 0. The minimum atomic E-state index is -0.324. The molecule has 0 unspecified atom stereocenters. The summed E-state index contributed by atoms with van der Waals surface area (Å²) in [4.78, 5) is 30.5. The molecule has 0 N–H and O–H groups in total. The van der Waals surface area contributed by atoms with Gasteiger partial charge in [-0.1, -0.05) is 23.8 Å². The number of ether oxygens (including phenoxy) is 3. The van der Waals surface area contributed by atoms with Crippen LogP contribution in [0.4, 0.5) is 5.69 Å². The van der Waals surface area contributed by atoms with Crippen LogP contribution in [0.2, 0.25) is 0 Å². The van der Waals surface area contributed by atoms with Gasteiger partial charge in [0.1, 0.15) is 18.9 Å². The Morgan fingerprint density at radius 1 is 0.806 bits per heavy atom. The van der Waals surface area contributed by atoms with Crippen LogP contribution in [0.1, 0.15) is 16.7 Å². The highest BCUT2D eigenvalue weighted by atomic mass is 16.6. The van der Waals surface area contributed by atoms with E-state index in [1.54, 1.807) is 18.2 Å². The monoisotopic (exact) mass is 420 g/mol. The SMILES string of the molecule is Cc1ccc(C2=C(N3CCOCC3)C(=O)N(c3ccc4c(c3)OCCO4)C2=O)c(C)c1. The van der Waals surface area contributed by atoms with E-state index in [4.69, 9.17) is 14.2 Å². The quantitative estimate of drug-likeness (QED) is 0.712. The van der Waals surface area contributed by atoms with Crippen molar-refractivity contribution in [2.24, 2.45) is 0 Å². The molecule has 2 aromatic carbocycles. The minimum absolute atomic E-state index is 0.321. The molecular formula is C24H24N2O5. The van der Waals surface area contributed by atoms with E-state index < -0.39 is 0 Å². The molecule has 0 atom stereocenters. The maximum Gasteiger partial charge on any atom is 0.282 e. The normalized spacial score (nSPS) is 18.8. The molecule has 7 heteroatoms. The second kappa shape index (κ2) is 7.74. The smallest absolute Gasteiger partial charge is 0.282 e. The van der Waals surface area contributed by atoms with Gasteiger partial charge in [0, 0.05) is 19.2 Å². The fourth-order valence-electron chi connectivity index (χ4n) is 4.34. The first kappa shape index (κ1) is 19.6. The predicted octanol–water partition coefficient (Wildman–Crippen LogP) is 2.69. The molecule has 1 fully saturated rings. The standard InChI is InChI=1S/C24H24N2O5/c1-15-3-5-18(16(2)13-15)21-22(25-7-9-29-10-8-25)24(28)26(23(21)27)17-4-6-19-20(14-17)31-12-11-30-19/h3-6,13-14H,7-12H2,1-2H3. The highest BCUT2D eigenvalue weighted by molar-refractivity contribution is 6.45. The first-order chi connectivity index (χ1) is 15.0. The number of anilines is 1. The van der Waals surface area contributed by atoms with Crippen LogP contribution in [0.5, 0.6) is 11.5 Å². The number of carbonyl (C=O) groups is 2. The zero-order valence-corrected chi connectivity index (χ0v) is 17.6. The van der Waals surface area contributed by atoms with Crippen molar-refractivity contribution in [1.82, 2.24) is 4.90 Å². The van der Waals surface area contributed by atoms with E-state index in [2.05, 4.69) is 0 Å². The zero-order valence-electron chi connectivity index (χ0n) is 17.6. The van der Waals surface area contributed by atoms with Gasteiger partial charge in [-0.05, 0) is 37.1 Å². The van der Waals surface area contributed by atoms with Gasteiger partial charge in [0.2, 0.25) is 0 Å². The van der Waals surface area contributed by atoms with Crippen LogP contribution >= 0.6 is 0 Å². The third-order valence-electron chi connectivity index (χ3n) is 5.82. The van der Waals surface area contributed by atoms with Crippen LogP contribution < -0.4 is 14.4 Å². The van der Waals surface area contributed by atoms with E-state index in [0.717, 1.165) is 16.7 Å². The first-order valence-corrected chi connectivity index (χ1v) is 10.5. The van der Waals surface area contributed by atoms with Crippen LogP contribution in [0.25, 0.3) is 5.57 Å². The summed E-state index contributed by atoms with van der Waals surface area (Å²) >= 11 is 0. The van der Waals surface area contributed by atoms with Crippen molar-refractivity contribution in [2.75, 3.05) is 44.4 Å². The lowest BCUT2D eigenvalue weighted by molar-refractivity contribution is -0.121. The van der Waals surface area contributed by atoms with Crippen molar-refractivity contribution >= 4 is 23.1 Å². The first-order valence-electron chi connectivity index (χ1n) is 10.5. The fourth-order valence-corrected chi connectivity index (χ4v) is 4.34. The van der Waals surface area contributed by atoms with Gasteiger partial charge in [-0.25, -0.2) is 4.90 Å². The molecule has 7 nitrogen and oxygen atoms in total. The predicted molar refractivity (Wildman–Crippen MR) is 115 cm³/mol. The molecule has 3 heterocycles. The number of imide groups is 1. The molecule has 0 aliphatic carbocycles. The second-order valence-corrected chi connectivity index (χ2v) is 7.92. The number of morpholine rings is 1. The average Bonchev–Trinajstić information content (AvgIpc) is 3.04. The van der Waals surface area contributed by atoms with Gasteiger partial charge in [-0.2, -0.15) is 0 Å². The molecule has 0 spiro atoms. The Balaban J connectivity index is 1.61. The Labute approximate surface area is 180 Å². The Bertz CT molecular complexity index is 1100. The van der Waals surface area contributed by atoms with Crippen molar-refractivity contribution in [3.63, 3.8) is 0 Å². The zero-order chi connectivity index (χ0) is 21.5. The summed E-state index contributed by atoms with van der Waals surface area (Å²) in [6.45, 7) is 7.07. The molecule has 2 amide bonds. The van der Waals surface area contributed by atoms with Gasteiger partial charge < -0.3 is 19.1 Å². The lowest BCUT2D eigenvalue weighted by Gasteiger charge is -2.30. The topological polar surface area (TPSA) is 68.3 Å². The molecule has 5 rings (SSSR count). The van der Waals surface area contributed by atoms with Crippen molar-refractivity contribution < 1.29 is 23.8 Å². The van der Waals surface area contributed by atoms with E-state index in [1.165, 1.54) is 4.90 Å². The molecular weight excluding hydrogens is 396 g/mol. The lowest BCUT2D eigenvalue weighted by Crippen LogP contribution is -2.40. The highest BCUT2D eigenvalue weighted by Gasteiger charge is 2.43. The summed E-state index contributed by atoms with van der Waals surface area (Å²) in [5.74, 6) is 0.510. The molecule has 3 aliphatic rings. The van der Waals surface area contributed by atoms with E-state index in [1.807, 2.05) is 36.9 Å². The Morgan fingerprint density at radius 2 is 1.55 bits per heavy atom. The summed E-state index contributed by atoms with van der Waals surface area (Å²) in [6, 6.07) is 11.1. The summed E-state index contributed by atoms with van der Waals surface area (Å²) in [7, 11) is 0. The third kappa shape index (κ3) is 3.35. The van der Waals surface area contributed by atoms with Gasteiger partial charge in [0.05, 0.1) is 24.5 Å². The molecule has 0 bridgehead atoms. The van der Waals surface area contributed by atoms with Crippen molar-refractivity contribution in [1.29, 1.82) is 0 Å². The van der Waals surface area contributed by atoms with E-state index >= 15 is 0 Å². The number of amides is 2. The van der Waals surface area contributed by atoms with Gasteiger partial charge in [0.15, 0.2) is 11.5 Å². The van der Waals surface area contributed by atoms with Crippen molar-refractivity contribution in [3.05, 3.63) is 58.8 Å². The van der Waals surface area contributed by atoms with Gasteiger partial charge in [0.25, 0.3) is 11.8 Å². The van der Waals surface area contributed by atoms with E-state index in [-0.39, 0.29) is 11.8 Å². The lowest BCUT2D eigenvalue weighted by atomic mass is 9.97. The number of benzene rings is 2. The molecule has 3 aliphatic heterocycles. The number of carbonyl (C=O) groups excluding carboxylic acids is 2. The molecule has 31 heavy (non-hydrogen) atoms. The van der Waals surface area contributed by atoms with Gasteiger partial charge >= 0.3 is 0 Å².